The maximum atomic E-state index is 11.8. The summed E-state index contributed by atoms with van der Waals surface area (Å²) in [5, 5.41) is 17.0. The smallest absolute Gasteiger partial charge is 0.303 e. The number of likely N-dealkylation sites (N-methyl/N-ethyl adjacent to an activating group) is 1. The van der Waals surface area contributed by atoms with Crippen LogP contribution in [-0.2, 0) is 19.6 Å². The molecule has 0 fully saturated rings. The van der Waals surface area contributed by atoms with E-state index in [0.717, 1.165) is 0 Å². The molecule has 2 N–H and O–H groups in total. The average molecular weight is 283 g/mol. The Morgan fingerprint density at radius 1 is 1.33 bits per heavy atom. The van der Waals surface area contributed by atoms with Crippen LogP contribution in [0.3, 0.4) is 0 Å². The average Bonchev–Trinajstić information content (AvgIpc) is 2.28. The highest BCUT2D eigenvalue weighted by molar-refractivity contribution is 7.89. The van der Waals surface area contributed by atoms with Crippen LogP contribution >= 0.6 is 0 Å². The summed E-state index contributed by atoms with van der Waals surface area (Å²) in [6.07, 6.45) is -0.0521. The van der Waals surface area contributed by atoms with E-state index in [0.29, 0.717) is 6.54 Å². The topological polar surface area (TPSA) is 104 Å². The number of rotatable bonds is 11. The van der Waals surface area contributed by atoms with E-state index in [1.165, 1.54) is 4.31 Å². The fraction of sp³-hybridized carbons (Fsp3) is 0.900. The second kappa shape index (κ2) is 9.26. The van der Waals surface area contributed by atoms with Gasteiger partial charge in [-0.3, -0.25) is 4.79 Å². The van der Waals surface area contributed by atoms with Gasteiger partial charge in [0.05, 0.1) is 25.6 Å². The molecular weight excluding hydrogens is 262 g/mol. The molecule has 0 atom stereocenters. The first kappa shape index (κ1) is 17.3. The minimum atomic E-state index is -3.43. The summed E-state index contributed by atoms with van der Waals surface area (Å²) in [6, 6.07) is 0. The highest BCUT2D eigenvalue weighted by atomic mass is 32.2. The standard InChI is InChI=1S/C10H21NO6S/c1-2-11(5-7-17-8-6-12)18(15,16)9-3-4-10(13)14/h12H,2-9H2,1H3,(H,13,14). The Balaban J connectivity index is 4.12. The molecule has 0 aromatic carbocycles. The van der Waals surface area contributed by atoms with Gasteiger partial charge >= 0.3 is 5.97 Å². The normalized spacial score (nSPS) is 11.9. The van der Waals surface area contributed by atoms with E-state index < -0.39 is 16.0 Å². The Morgan fingerprint density at radius 2 is 2.00 bits per heavy atom. The minimum Gasteiger partial charge on any atom is -0.481 e. The molecule has 0 saturated carbocycles. The van der Waals surface area contributed by atoms with E-state index in [1.807, 2.05) is 0 Å². The second-order valence-corrected chi connectivity index (χ2v) is 5.73. The Bertz CT molecular complexity index is 329. The van der Waals surface area contributed by atoms with Gasteiger partial charge < -0.3 is 14.9 Å². The zero-order valence-corrected chi connectivity index (χ0v) is 11.4. The lowest BCUT2D eigenvalue weighted by Gasteiger charge is -2.20. The zero-order valence-electron chi connectivity index (χ0n) is 10.5. The molecule has 0 spiro atoms. The third-order valence-electron chi connectivity index (χ3n) is 2.26. The van der Waals surface area contributed by atoms with Gasteiger partial charge in [-0.15, -0.1) is 0 Å². The SMILES string of the molecule is CCN(CCOCCO)S(=O)(=O)CCCC(=O)O. The summed E-state index contributed by atoms with van der Waals surface area (Å²) in [7, 11) is -3.43. The van der Waals surface area contributed by atoms with Gasteiger partial charge in [-0.2, -0.15) is 4.31 Å². The molecule has 0 aromatic rings. The van der Waals surface area contributed by atoms with Crippen LogP contribution in [0, 0.1) is 0 Å². The number of hydrogen-bond donors (Lipinski definition) is 2. The number of nitrogens with zero attached hydrogens (tertiary/aromatic N) is 1. The van der Waals surface area contributed by atoms with Gasteiger partial charge in [0.15, 0.2) is 0 Å². The molecule has 7 nitrogen and oxygen atoms in total. The predicted octanol–water partition coefficient (Wildman–Crippen LogP) is -0.488. The molecule has 0 aliphatic carbocycles. The summed E-state index contributed by atoms with van der Waals surface area (Å²) in [5.74, 6) is -1.17. The molecular formula is C10H21NO6S. The van der Waals surface area contributed by atoms with Crippen molar-refractivity contribution in [1.82, 2.24) is 4.31 Å². The van der Waals surface area contributed by atoms with E-state index in [1.54, 1.807) is 6.92 Å². The molecule has 8 heteroatoms. The van der Waals surface area contributed by atoms with Crippen LogP contribution in [0.15, 0.2) is 0 Å². The van der Waals surface area contributed by atoms with Crippen molar-refractivity contribution in [3.63, 3.8) is 0 Å². The summed E-state index contributed by atoms with van der Waals surface area (Å²) in [6.45, 7) is 2.53. The highest BCUT2D eigenvalue weighted by Crippen LogP contribution is 2.04. The van der Waals surface area contributed by atoms with Gasteiger partial charge in [0, 0.05) is 19.5 Å². The molecule has 0 bridgehead atoms. The molecule has 0 heterocycles. The first-order chi connectivity index (χ1) is 8.44. The highest BCUT2D eigenvalue weighted by Gasteiger charge is 2.20. The predicted molar refractivity (Wildman–Crippen MR) is 65.8 cm³/mol. The van der Waals surface area contributed by atoms with E-state index in [-0.39, 0.29) is 45.0 Å². The number of aliphatic hydroxyl groups is 1. The van der Waals surface area contributed by atoms with Crippen LogP contribution in [0.2, 0.25) is 0 Å². The van der Waals surface area contributed by atoms with Gasteiger partial charge in [-0.1, -0.05) is 6.92 Å². The third-order valence-corrected chi connectivity index (χ3v) is 4.29. The van der Waals surface area contributed by atoms with E-state index in [4.69, 9.17) is 14.9 Å². The molecule has 0 rings (SSSR count). The Morgan fingerprint density at radius 3 is 2.50 bits per heavy atom. The molecule has 18 heavy (non-hydrogen) atoms. The van der Waals surface area contributed by atoms with Crippen molar-refractivity contribution in [1.29, 1.82) is 0 Å². The molecule has 0 unspecified atom stereocenters. The largest absolute Gasteiger partial charge is 0.481 e. The lowest BCUT2D eigenvalue weighted by Crippen LogP contribution is -2.35. The lowest BCUT2D eigenvalue weighted by molar-refractivity contribution is -0.137. The van der Waals surface area contributed by atoms with Crippen molar-refractivity contribution in [2.75, 3.05) is 38.7 Å². The summed E-state index contributed by atoms with van der Waals surface area (Å²) < 4.78 is 29.9. The van der Waals surface area contributed by atoms with Gasteiger partial charge in [0.1, 0.15) is 0 Å². The van der Waals surface area contributed by atoms with Crippen molar-refractivity contribution < 1.29 is 28.2 Å². The number of hydrogen-bond acceptors (Lipinski definition) is 5. The van der Waals surface area contributed by atoms with Crippen LogP contribution < -0.4 is 0 Å². The Labute approximate surface area is 107 Å². The van der Waals surface area contributed by atoms with Crippen molar-refractivity contribution in [2.24, 2.45) is 0 Å². The van der Waals surface area contributed by atoms with Crippen LogP contribution in [0.5, 0.6) is 0 Å². The van der Waals surface area contributed by atoms with Gasteiger partial charge in [0.25, 0.3) is 0 Å². The van der Waals surface area contributed by atoms with Gasteiger partial charge in [-0.25, -0.2) is 8.42 Å². The third kappa shape index (κ3) is 7.59. The van der Waals surface area contributed by atoms with Crippen molar-refractivity contribution >= 4 is 16.0 Å². The van der Waals surface area contributed by atoms with Gasteiger partial charge in [-0.05, 0) is 6.42 Å². The number of carboxylic acid groups (broad SMARTS) is 1. The minimum absolute atomic E-state index is 0.0997. The van der Waals surface area contributed by atoms with Crippen molar-refractivity contribution in [3.05, 3.63) is 0 Å². The number of sulfonamides is 1. The van der Waals surface area contributed by atoms with Crippen LogP contribution in [-0.4, -0.2) is 67.6 Å². The maximum absolute atomic E-state index is 11.8. The quantitative estimate of drug-likeness (QED) is 0.496. The van der Waals surface area contributed by atoms with Crippen LogP contribution in [0.1, 0.15) is 19.8 Å². The Hall–Kier alpha value is -0.700. The molecule has 0 aromatic heterocycles. The zero-order chi connectivity index (χ0) is 14.0. The number of carbonyl (C=O) groups is 1. The summed E-state index contributed by atoms with van der Waals surface area (Å²) in [5.41, 5.74) is 0. The monoisotopic (exact) mass is 283 g/mol. The number of aliphatic hydroxyl groups excluding tert-OH is 1. The van der Waals surface area contributed by atoms with E-state index in [9.17, 15) is 13.2 Å². The summed E-state index contributed by atoms with van der Waals surface area (Å²) >= 11 is 0. The van der Waals surface area contributed by atoms with Crippen molar-refractivity contribution in [2.45, 2.75) is 19.8 Å². The summed E-state index contributed by atoms with van der Waals surface area (Å²) in [4.78, 5) is 10.3. The number of carboxylic acids is 1. The second-order valence-electron chi connectivity index (χ2n) is 3.64. The molecule has 0 amide bonds. The molecule has 108 valence electrons. The molecule has 0 aliphatic rings. The maximum Gasteiger partial charge on any atom is 0.303 e. The molecule has 0 aliphatic heterocycles. The van der Waals surface area contributed by atoms with Crippen molar-refractivity contribution in [3.8, 4) is 0 Å². The molecule has 0 saturated heterocycles. The first-order valence-corrected chi connectivity index (χ1v) is 7.43. The fourth-order valence-electron chi connectivity index (χ4n) is 1.36. The first-order valence-electron chi connectivity index (χ1n) is 5.82. The Kier molecular flexibility index (Phi) is 8.90. The number of ether oxygens (including phenoxy) is 1. The van der Waals surface area contributed by atoms with E-state index in [2.05, 4.69) is 0 Å². The fourth-order valence-corrected chi connectivity index (χ4v) is 2.88. The molecule has 0 radical (unpaired) electrons. The van der Waals surface area contributed by atoms with Gasteiger partial charge in [0.2, 0.25) is 10.0 Å². The van der Waals surface area contributed by atoms with E-state index >= 15 is 0 Å². The van der Waals surface area contributed by atoms with Crippen LogP contribution in [0.25, 0.3) is 0 Å². The van der Waals surface area contributed by atoms with Crippen LogP contribution in [0.4, 0.5) is 0 Å². The number of aliphatic carboxylic acids is 1. The lowest BCUT2D eigenvalue weighted by atomic mass is 10.3.